The molecule has 1 heterocycles. The van der Waals surface area contributed by atoms with Crippen LogP contribution in [0.25, 0.3) is 22.5 Å². The number of carbonyl (C=O) groups is 1. The van der Waals surface area contributed by atoms with Gasteiger partial charge in [-0.15, -0.1) is 0 Å². The number of aromatic nitrogens is 2. The fraction of sp³-hybridized carbons (Fsp3) is 0.150. The molecule has 3 aromatic rings. The molecule has 1 N–H and O–H groups in total. The summed E-state index contributed by atoms with van der Waals surface area (Å²) < 4.78 is 0. The van der Waals surface area contributed by atoms with Crippen molar-refractivity contribution in [3.05, 3.63) is 66.9 Å². The molecule has 0 aliphatic rings. The molecule has 5 heteroatoms. The molecule has 1 atom stereocenters. The lowest BCUT2D eigenvalue weighted by molar-refractivity contribution is -0.119. The monoisotopic (exact) mass is 349 g/mol. The largest absolute Gasteiger partial charge is 0.358 e. The zero-order valence-electron chi connectivity index (χ0n) is 14.1. The highest BCUT2D eigenvalue weighted by Gasteiger charge is 2.17. The molecule has 0 spiro atoms. The van der Waals surface area contributed by atoms with Crippen molar-refractivity contribution in [1.82, 2.24) is 15.3 Å². The van der Waals surface area contributed by atoms with Gasteiger partial charge in [-0.3, -0.25) is 9.78 Å². The maximum Gasteiger partial charge on any atom is 0.233 e. The summed E-state index contributed by atoms with van der Waals surface area (Å²) in [6, 6.07) is 20.0. The number of nitrogens with zero attached hydrogens (tertiary/aromatic N) is 2. The number of thioether (sulfide) groups is 1. The number of rotatable bonds is 5. The zero-order valence-corrected chi connectivity index (χ0v) is 15.0. The number of nitrogens with one attached hydrogen (secondary N) is 1. The summed E-state index contributed by atoms with van der Waals surface area (Å²) in [5.41, 5.74) is 3.68. The molecule has 126 valence electrons. The van der Waals surface area contributed by atoms with E-state index in [2.05, 4.69) is 10.3 Å². The smallest absolute Gasteiger partial charge is 0.233 e. The lowest BCUT2D eigenvalue weighted by Crippen LogP contribution is -2.27. The second-order valence-electron chi connectivity index (χ2n) is 5.51. The minimum atomic E-state index is -0.231. The first-order valence-electron chi connectivity index (χ1n) is 8.05. The topological polar surface area (TPSA) is 54.9 Å². The SMILES string of the molecule is CNC(=O)C(C)Sc1cnc(-c2ccccc2)c(-c2ccccc2)n1. The van der Waals surface area contributed by atoms with Crippen LogP contribution >= 0.6 is 11.8 Å². The van der Waals surface area contributed by atoms with E-state index in [9.17, 15) is 4.79 Å². The summed E-state index contributed by atoms with van der Waals surface area (Å²) in [6.07, 6.45) is 1.74. The van der Waals surface area contributed by atoms with Gasteiger partial charge in [0.25, 0.3) is 0 Å². The van der Waals surface area contributed by atoms with Crippen LogP contribution in [0.4, 0.5) is 0 Å². The van der Waals surface area contributed by atoms with Gasteiger partial charge in [0.1, 0.15) is 5.03 Å². The lowest BCUT2D eigenvalue weighted by Gasteiger charge is -2.12. The van der Waals surface area contributed by atoms with Gasteiger partial charge in [0.05, 0.1) is 22.8 Å². The Morgan fingerprint density at radius 2 is 1.52 bits per heavy atom. The zero-order chi connectivity index (χ0) is 17.6. The van der Waals surface area contributed by atoms with Crippen molar-refractivity contribution < 1.29 is 4.79 Å². The van der Waals surface area contributed by atoms with Crippen LogP contribution in [0.15, 0.2) is 71.9 Å². The van der Waals surface area contributed by atoms with Crippen LogP contribution in [0.3, 0.4) is 0 Å². The summed E-state index contributed by atoms with van der Waals surface area (Å²) in [5.74, 6) is -0.0276. The third-order valence-electron chi connectivity index (χ3n) is 3.76. The van der Waals surface area contributed by atoms with E-state index in [1.54, 1.807) is 13.2 Å². The van der Waals surface area contributed by atoms with Gasteiger partial charge >= 0.3 is 0 Å². The Morgan fingerprint density at radius 1 is 0.960 bits per heavy atom. The Hall–Kier alpha value is -2.66. The maximum atomic E-state index is 11.8. The quantitative estimate of drug-likeness (QED) is 0.707. The second kappa shape index (κ2) is 7.94. The van der Waals surface area contributed by atoms with Crippen molar-refractivity contribution in [1.29, 1.82) is 0 Å². The Balaban J connectivity index is 2.04. The van der Waals surface area contributed by atoms with Crippen LogP contribution in [-0.2, 0) is 4.79 Å². The minimum absolute atomic E-state index is 0.0276. The average Bonchev–Trinajstić information content (AvgIpc) is 2.68. The highest BCUT2D eigenvalue weighted by molar-refractivity contribution is 8.00. The first-order valence-corrected chi connectivity index (χ1v) is 8.93. The van der Waals surface area contributed by atoms with E-state index in [1.807, 2.05) is 67.6 Å². The molecular formula is C20H19N3OS. The van der Waals surface area contributed by atoms with Gasteiger partial charge in [-0.05, 0) is 6.92 Å². The fourth-order valence-corrected chi connectivity index (χ4v) is 3.32. The van der Waals surface area contributed by atoms with Crippen LogP contribution in [0, 0.1) is 0 Å². The number of hydrogen-bond acceptors (Lipinski definition) is 4. The Bertz CT molecular complexity index is 853. The summed E-state index contributed by atoms with van der Waals surface area (Å²) in [7, 11) is 1.64. The molecule has 0 fully saturated rings. The van der Waals surface area contributed by atoms with Gasteiger partial charge in [0.15, 0.2) is 0 Å². The highest BCUT2D eigenvalue weighted by atomic mass is 32.2. The van der Waals surface area contributed by atoms with Crippen LogP contribution in [0.2, 0.25) is 0 Å². The van der Waals surface area contributed by atoms with E-state index < -0.39 is 0 Å². The van der Waals surface area contributed by atoms with Crippen LogP contribution < -0.4 is 5.32 Å². The van der Waals surface area contributed by atoms with E-state index >= 15 is 0 Å². The molecule has 1 aromatic heterocycles. The van der Waals surface area contributed by atoms with Crippen LogP contribution in [0.5, 0.6) is 0 Å². The molecule has 0 aliphatic heterocycles. The van der Waals surface area contributed by atoms with Crippen molar-refractivity contribution in [2.24, 2.45) is 0 Å². The van der Waals surface area contributed by atoms with Gasteiger partial charge in [-0.25, -0.2) is 4.98 Å². The molecule has 0 bridgehead atoms. The Kier molecular flexibility index (Phi) is 5.46. The Morgan fingerprint density at radius 3 is 2.08 bits per heavy atom. The second-order valence-corrected chi connectivity index (χ2v) is 6.87. The van der Waals surface area contributed by atoms with Gasteiger partial charge in [-0.2, -0.15) is 0 Å². The molecular weight excluding hydrogens is 330 g/mol. The van der Waals surface area contributed by atoms with Crippen molar-refractivity contribution in [3.8, 4) is 22.5 Å². The number of hydrogen-bond donors (Lipinski definition) is 1. The predicted molar refractivity (Wildman–Crippen MR) is 102 cm³/mol. The molecule has 3 rings (SSSR count). The van der Waals surface area contributed by atoms with E-state index in [1.165, 1.54) is 11.8 Å². The van der Waals surface area contributed by atoms with Gasteiger partial charge in [-0.1, -0.05) is 72.4 Å². The third-order valence-corrected chi connectivity index (χ3v) is 4.76. The first-order chi connectivity index (χ1) is 12.2. The first kappa shape index (κ1) is 17.2. The molecule has 25 heavy (non-hydrogen) atoms. The van der Waals surface area contributed by atoms with Crippen LogP contribution in [-0.4, -0.2) is 28.2 Å². The molecule has 0 aliphatic carbocycles. The molecule has 4 nitrogen and oxygen atoms in total. The molecule has 0 saturated heterocycles. The minimum Gasteiger partial charge on any atom is -0.358 e. The summed E-state index contributed by atoms with van der Waals surface area (Å²) in [4.78, 5) is 21.2. The number of amides is 1. The van der Waals surface area contributed by atoms with Crippen molar-refractivity contribution in [3.63, 3.8) is 0 Å². The fourth-order valence-electron chi connectivity index (χ4n) is 2.47. The summed E-state index contributed by atoms with van der Waals surface area (Å²) in [5, 5.41) is 3.16. The van der Waals surface area contributed by atoms with Gasteiger partial charge in [0, 0.05) is 18.2 Å². The normalized spacial score (nSPS) is 11.8. The number of carbonyl (C=O) groups excluding carboxylic acids is 1. The maximum absolute atomic E-state index is 11.8. The average molecular weight is 349 g/mol. The van der Waals surface area contributed by atoms with Crippen molar-refractivity contribution in [2.45, 2.75) is 17.2 Å². The lowest BCUT2D eigenvalue weighted by atomic mass is 10.0. The van der Waals surface area contributed by atoms with Crippen molar-refractivity contribution in [2.75, 3.05) is 7.05 Å². The van der Waals surface area contributed by atoms with Crippen LogP contribution in [0.1, 0.15) is 6.92 Å². The molecule has 0 radical (unpaired) electrons. The number of benzene rings is 2. The molecule has 1 unspecified atom stereocenters. The van der Waals surface area contributed by atoms with E-state index in [-0.39, 0.29) is 11.2 Å². The molecule has 0 saturated carbocycles. The molecule has 1 amide bonds. The highest BCUT2D eigenvalue weighted by Crippen LogP contribution is 2.31. The molecule has 2 aromatic carbocycles. The van der Waals surface area contributed by atoms with E-state index in [0.29, 0.717) is 0 Å². The summed E-state index contributed by atoms with van der Waals surface area (Å²) >= 11 is 1.40. The van der Waals surface area contributed by atoms with E-state index in [4.69, 9.17) is 4.98 Å². The van der Waals surface area contributed by atoms with Crippen molar-refractivity contribution >= 4 is 17.7 Å². The van der Waals surface area contributed by atoms with E-state index in [0.717, 1.165) is 27.5 Å². The third kappa shape index (κ3) is 4.06. The summed E-state index contributed by atoms with van der Waals surface area (Å²) in [6.45, 7) is 1.86. The Labute approximate surface area is 151 Å². The van der Waals surface area contributed by atoms with Gasteiger partial charge < -0.3 is 5.32 Å². The predicted octanol–water partition coefficient (Wildman–Crippen LogP) is 4.04. The standard InChI is InChI=1S/C20H19N3OS/c1-14(20(24)21-2)25-17-13-22-18(15-9-5-3-6-10-15)19(23-17)16-11-7-4-8-12-16/h3-14H,1-2H3,(H,21,24). The van der Waals surface area contributed by atoms with Gasteiger partial charge in [0.2, 0.25) is 5.91 Å².